The minimum absolute atomic E-state index is 0.191. The highest BCUT2D eigenvalue weighted by Crippen LogP contribution is 2.37. The van der Waals surface area contributed by atoms with Crippen LogP contribution in [-0.4, -0.2) is 16.3 Å². The van der Waals surface area contributed by atoms with E-state index in [0.717, 1.165) is 11.0 Å². The summed E-state index contributed by atoms with van der Waals surface area (Å²) in [4.78, 5) is 4.61. The number of benzene rings is 2. The molecule has 114 valence electrons. The third-order valence-corrected chi connectivity index (χ3v) is 3.77. The molecule has 2 heterocycles. The van der Waals surface area contributed by atoms with Gasteiger partial charge >= 0.3 is 0 Å². The molecule has 0 atom stereocenters. The summed E-state index contributed by atoms with van der Waals surface area (Å²) < 4.78 is 26.3. The van der Waals surface area contributed by atoms with E-state index >= 15 is 0 Å². The Morgan fingerprint density at radius 2 is 2.04 bits per heavy atom. The average Bonchev–Trinajstić information content (AvgIpc) is 3.14. The van der Waals surface area contributed by atoms with E-state index in [1.54, 1.807) is 12.1 Å². The van der Waals surface area contributed by atoms with Gasteiger partial charge in [-0.1, -0.05) is 12.1 Å². The molecule has 6 heteroatoms. The number of aryl methyl sites for hydroxylation is 1. The standard InChI is InChI=1S/C17H12FN3O2/c18-12-4-1-3-11(7-12)17-20-13-8-15-16(23-10-22-15)9-14(13)21(17)6-2-5-19/h1,3-4,7-9H,2,6,10H2. The molecule has 0 fully saturated rings. The number of rotatable bonds is 3. The van der Waals surface area contributed by atoms with Crippen LogP contribution in [0.2, 0.25) is 0 Å². The molecule has 3 aromatic rings. The van der Waals surface area contributed by atoms with Crippen molar-refractivity contribution in [2.45, 2.75) is 13.0 Å². The molecule has 23 heavy (non-hydrogen) atoms. The lowest BCUT2D eigenvalue weighted by Gasteiger charge is -2.07. The van der Waals surface area contributed by atoms with Crippen LogP contribution in [0.5, 0.6) is 11.5 Å². The zero-order valence-electron chi connectivity index (χ0n) is 12.1. The Labute approximate surface area is 131 Å². The molecular weight excluding hydrogens is 297 g/mol. The van der Waals surface area contributed by atoms with Crippen molar-refractivity contribution in [1.29, 1.82) is 5.26 Å². The largest absolute Gasteiger partial charge is 0.454 e. The zero-order valence-corrected chi connectivity index (χ0v) is 12.1. The third kappa shape index (κ3) is 2.27. The first-order valence-corrected chi connectivity index (χ1v) is 7.19. The maximum absolute atomic E-state index is 13.6. The summed E-state index contributed by atoms with van der Waals surface area (Å²) in [7, 11) is 0. The predicted molar refractivity (Wildman–Crippen MR) is 81.5 cm³/mol. The van der Waals surface area contributed by atoms with Crippen molar-refractivity contribution < 1.29 is 13.9 Å². The maximum atomic E-state index is 13.6. The normalized spacial score (nSPS) is 12.5. The fourth-order valence-electron chi connectivity index (χ4n) is 2.75. The van der Waals surface area contributed by atoms with Crippen LogP contribution in [0, 0.1) is 17.1 Å². The Morgan fingerprint density at radius 1 is 1.22 bits per heavy atom. The smallest absolute Gasteiger partial charge is 0.231 e. The molecule has 0 bridgehead atoms. The molecule has 1 aromatic heterocycles. The van der Waals surface area contributed by atoms with Crippen molar-refractivity contribution in [3.05, 3.63) is 42.2 Å². The van der Waals surface area contributed by atoms with E-state index < -0.39 is 0 Å². The molecule has 2 aromatic carbocycles. The number of halogens is 1. The fraction of sp³-hybridized carbons (Fsp3) is 0.176. The molecule has 0 saturated carbocycles. The van der Waals surface area contributed by atoms with Crippen molar-refractivity contribution in [3.63, 3.8) is 0 Å². The van der Waals surface area contributed by atoms with Gasteiger partial charge in [0.2, 0.25) is 6.79 Å². The first-order chi connectivity index (χ1) is 11.3. The van der Waals surface area contributed by atoms with Crippen LogP contribution in [0.25, 0.3) is 22.4 Å². The van der Waals surface area contributed by atoms with Crippen LogP contribution >= 0.6 is 0 Å². The van der Waals surface area contributed by atoms with Gasteiger partial charge in [-0.3, -0.25) is 0 Å². The lowest BCUT2D eigenvalue weighted by molar-refractivity contribution is 0.174. The Hall–Kier alpha value is -3.07. The van der Waals surface area contributed by atoms with Crippen LogP contribution in [0.1, 0.15) is 6.42 Å². The number of ether oxygens (including phenoxy) is 2. The second-order valence-electron chi connectivity index (χ2n) is 5.20. The molecule has 5 nitrogen and oxygen atoms in total. The zero-order chi connectivity index (χ0) is 15.8. The minimum Gasteiger partial charge on any atom is -0.454 e. The highest BCUT2D eigenvalue weighted by atomic mass is 19.1. The molecule has 0 saturated heterocycles. The van der Waals surface area contributed by atoms with E-state index in [1.165, 1.54) is 12.1 Å². The third-order valence-electron chi connectivity index (χ3n) is 3.77. The predicted octanol–water partition coefficient (Wildman–Crippen LogP) is 3.48. The molecule has 4 rings (SSSR count). The molecule has 0 aliphatic carbocycles. The Kier molecular flexibility index (Phi) is 3.12. The van der Waals surface area contributed by atoms with E-state index in [1.807, 2.05) is 16.7 Å². The van der Waals surface area contributed by atoms with Crippen LogP contribution < -0.4 is 9.47 Å². The quantitative estimate of drug-likeness (QED) is 0.743. The van der Waals surface area contributed by atoms with E-state index in [4.69, 9.17) is 14.7 Å². The number of nitrogens with zero attached hydrogens (tertiary/aromatic N) is 3. The highest BCUT2D eigenvalue weighted by Gasteiger charge is 2.19. The monoisotopic (exact) mass is 309 g/mol. The number of imidazole rings is 1. The molecule has 0 radical (unpaired) electrons. The molecule has 1 aliphatic rings. The number of aromatic nitrogens is 2. The lowest BCUT2D eigenvalue weighted by Crippen LogP contribution is -2.00. The second kappa shape index (κ2) is 5.29. The van der Waals surface area contributed by atoms with E-state index in [-0.39, 0.29) is 12.6 Å². The lowest BCUT2D eigenvalue weighted by atomic mass is 10.2. The van der Waals surface area contributed by atoms with Gasteiger partial charge in [0.1, 0.15) is 11.6 Å². The van der Waals surface area contributed by atoms with Gasteiger partial charge in [0.25, 0.3) is 0 Å². The Morgan fingerprint density at radius 3 is 2.83 bits per heavy atom. The summed E-state index contributed by atoms with van der Waals surface area (Å²) in [6.07, 6.45) is 0.336. The summed E-state index contributed by atoms with van der Waals surface area (Å²) in [5, 5.41) is 8.91. The molecule has 1 aliphatic heterocycles. The van der Waals surface area contributed by atoms with Gasteiger partial charge in [-0.05, 0) is 12.1 Å². The number of nitriles is 1. The van der Waals surface area contributed by atoms with Gasteiger partial charge in [0, 0.05) is 24.2 Å². The van der Waals surface area contributed by atoms with E-state index in [2.05, 4.69) is 11.1 Å². The van der Waals surface area contributed by atoms with Gasteiger partial charge in [0.15, 0.2) is 11.5 Å². The van der Waals surface area contributed by atoms with Crippen molar-refractivity contribution >= 4 is 11.0 Å². The summed E-state index contributed by atoms with van der Waals surface area (Å²) >= 11 is 0. The molecule has 0 spiro atoms. The van der Waals surface area contributed by atoms with Crippen LogP contribution in [-0.2, 0) is 6.54 Å². The number of hydrogen-bond donors (Lipinski definition) is 0. The molecule has 0 unspecified atom stereocenters. The summed E-state index contributed by atoms with van der Waals surface area (Å²) in [6, 6.07) is 12.1. The van der Waals surface area contributed by atoms with Crippen molar-refractivity contribution in [2.24, 2.45) is 0 Å². The van der Waals surface area contributed by atoms with Gasteiger partial charge in [-0.15, -0.1) is 0 Å². The van der Waals surface area contributed by atoms with E-state index in [9.17, 15) is 4.39 Å². The van der Waals surface area contributed by atoms with Crippen molar-refractivity contribution in [3.8, 4) is 29.0 Å². The van der Waals surface area contributed by atoms with Crippen LogP contribution in [0.3, 0.4) is 0 Å². The Balaban J connectivity index is 1.94. The van der Waals surface area contributed by atoms with Gasteiger partial charge in [-0.2, -0.15) is 5.26 Å². The first-order valence-electron chi connectivity index (χ1n) is 7.19. The van der Waals surface area contributed by atoms with Gasteiger partial charge in [0.05, 0.1) is 23.5 Å². The summed E-state index contributed by atoms with van der Waals surface area (Å²) in [6.45, 7) is 0.662. The first kappa shape index (κ1) is 13.6. The average molecular weight is 309 g/mol. The molecule has 0 N–H and O–H groups in total. The minimum atomic E-state index is -0.324. The van der Waals surface area contributed by atoms with Crippen molar-refractivity contribution in [2.75, 3.05) is 6.79 Å². The summed E-state index contributed by atoms with van der Waals surface area (Å²) in [5.74, 6) is 1.60. The number of fused-ring (bicyclic) bond motifs is 2. The topological polar surface area (TPSA) is 60.1 Å². The molecule has 0 amide bonds. The second-order valence-corrected chi connectivity index (χ2v) is 5.20. The fourth-order valence-corrected chi connectivity index (χ4v) is 2.75. The van der Waals surface area contributed by atoms with Gasteiger partial charge < -0.3 is 14.0 Å². The van der Waals surface area contributed by atoms with Gasteiger partial charge in [-0.25, -0.2) is 9.37 Å². The maximum Gasteiger partial charge on any atom is 0.231 e. The Bertz CT molecular complexity index is 943. The SMILES string of the molecule is N#CCCn1c(-c2cccc(F)c2)nc2cc3c(cc21)OCO3. The molecular formula is C17H12FN3O2. The van der Waals surface area contributed by atoms with Crippen molar-refractivity contribution in [1.82, 2.24) is 9.55 Å². The van der Waals surface area contributed by atoms with E-state index in [0.29, 0.717) is 35.9 Å². The van der Waals surface area contributed by atoms with Crippen LogP contribution in [0.4, 0.5) is 4.39 Å². The highest BCUT2D eigenvalue weighted by molar-refractivity contribution is 5.84. The summed E-state index contributed by atoms with van der Waals surface area (Å²) in [5.41, 5.74) is 2.23. The number of hydrogen-bond acceptors (Lipinski definition) is 4. The van der Waals surface area contributed by atoms with Crippen LogP contribution in [0.15, 0.2) is 36.4 Å².